The van der Waals surface area contributed by atoms with Crippen LogP contribution in [0.25, 0.3) is 0 Å². The molecule has 0 aliphatic heterocycles. The van der Waals surface area contributed by atoms with Crippen LogP contribution in [0.4, 0.5) is 0 Å². The van der Waals surface area contributed by atoms with Gasteiger partial charge in [-0.15, -0.1) is 0 Å². The molecule has 0 bridgehead atoms. The minimum atomic E-state index is -0.132. The Morgan fingerprint density at radius 3 is 1.48 bits per heavy atom. The molecule has 2 aromatic carbocycles. The molecular formula is C25H37NO3. The van der Waals surface area contributed by atoms with E-state index in [0.717, 1.165) is 31.1 Å². The van der Waals surface area contributed by atoms with Crippen LogP contribution in [0.2, 0.25) is 0 Å². The Morgan fingerprint density at radius 1 is 0.690 bits per heavy atom. The van der Waals surface area contributed by atoms with Crippen molar-refractivity contribution in [3.63, 3.8) is 0 Å². The van der Waals surface area contributed by atoms with Crippen molar-refractivity contribution in [1.29, 1.82) is 0 Å². The topological polar surface area (TPSA) is 30.9 Å². The van der Waals surface area contributed by atoms with E-state index in [-0.39, 0.29) is 6.10 Å². The van der Waals surface area contributed by atoms with Gasteiger partial charge >= 0.3 is 0 Å². The highest BCUT2D eigenvalue weighted by Crippen LogP contribution is 2.18. The second-order valence-electron chi connectivity index (χ2n) is 7.79. The fraction of sp³-hybridized carbons (Fsp3) is 0.520. The Bertz CT molecular complexity index is 660. The van der Waals surface area contributed by atoms with Crippen molar-refractivity contribution in [2.75, 3.05) is 39.5 Å². The predicted octanol–water partition coefficient (Wildman–Crippen LogP) is 5.11. The summed E-state index contributed by atoms with van der Waals surface area (Å²) in [5.41, 5.74) is 4.80. The molecule has 0 saturated carbocycles. The molecule has 0 atom stereocenters. The van der Waals surface area contributed by atoms with Gasteiger partial charge in [-0.1, -0.05) is 26.0 Å². The van der Waals surface area contributed by atoms with Crippen LogP contribution in [0.5, 0.6) is 11.5 Å². The molecule has 0 heterocycles. The van der Waals surface area contributed by atoms with Gasteiger partial charge in [0.15, 0.2) is 0 Å². The van der Waals surface area contributed by atoms with Crippen molar-refractivity contribution in [2.45, 2.75) is 47.6 Å². The van der Waals surface area contributed by atoms with Gasteiger partial charge in [0, 0.05) is 6.54 Å². The maximum absolute atomic E-state index is 6.15. The molecule has 29 heavy (non-hydrogen) atoms. The van der Waals surface area contributed by atoms with E-state index in [1.54, 1.807) is 0 Å². The first-order chi connectivity index (χ1) is 13.9. The summed E-state index contributed by atoms with van der Waals surface area (Å²) in [6.45, 7) is 17.3. The van der Waals surface area contributed by atoms with Crippen LogP contribution < -0.4 is 9.47 Å². The molecule has 0 saturated heterocycles. The van der Waals surface area contributed by atoms with E-state index in [1.807, 2.05) is 0 Å². The van der Waals surface area contributed by atoms with Crippen molar-refractivity contribution in [3.05, 3.63) is 58.7 Å². The largest absolute Gasteiger partial charge is 0.491 e. The molecular weight excluding hydrogens is 362 g/mol. The SMILES string of the molecule is CCN(CC)CCOC(COc1cc(C)cc(C)c1)COc1cc(C)cc(C)c1. The van der Waals surface area contributed by atoms with E-state index >= 15 is 0 Å². The average molecular weight is 400 g/mol. The van der Waals surface area contributed by atoms with Crippen molar-refractivity contribution in [3.8, 4) is 11.5 Å². The van der Waals surface area contributed by atoms with E-state index in [1.165, 1.54) is 22.3 Å². The summed E-state index contributed by atoms with van der Waals surface area (Å²) in [5, 5.41) is 0. The van der Waals surface area contributed by atoms with Crippen LogP contribution in [0.1, 0.15) is 36.1 Å². The number of hydrogen-bond acceptors (Lipinski definition) is 4. The number of hydrogen-bond donors (Lipinski definition) is 0. The summed E-state index contributed by atoms with van der Waals surface area (Å²) >= 11 is 0. The van der Waals surface area contributed by atoms with E-state index in [0.29, 0.717) is 19.8 Å². The zero-order chi connectivity index (χ0) is 21.2. The van der Waals surface area contributed by atoms with Crippen molar-refractivity contribution >= 4 is 0 Å². The van der Waals surface area contributed by atoms with Gasteiger partial charge in [-0.05, 0) is 87.3 Å². The van der Waals surface area contributed by atoms with Crippen LogP contribution in [-0.4, -0.2) is 50.5 Å². The van der Waals surface area contributed by atoms with Crippen LogP contribution in [-0.2, 0) is 4.74 Å². The molecule has 0 aliphatic rings. The molecule has 4 heteroatoms. The minimum absolute atomic E-state index is 0.132. The number of ether oxygens (including phenoxy) is 3. The second kappa shape index (κ2) is 11.8. The molecule has 2 rings (SSSR count). The monoisotopic (exact) mass is 399 g/mol. The van der Waals surface area contributed by atoms with Crippen molar-refractivity contribution < 1.29 is 14.2 Å². The Morgan fingerprint density at radius 2 is 1.10 bits per heavy atom. The molecule has 0 unspecified atom stereocenters. The van der Waals surface area contributed by atoms with Gasteiger partial charge in [-0.25, -0.2) is 0 Å². The normalized spacial score (nSPS) is 11.3. The lowest BCUT2D eigenvalue weighted by Gasteiger charge is -2.22. The van der Waals surface area contributed by atoms with Gasteiger partial charge < -0.3 is 19.1 Å². The highest BCUT2D eigenvalue weighted by molar-refractivity contribution is 5.34. The van der Waals surface area contributed by atoms with E-state index < -0.39 is 0 Å². The third-order valence-electron chi connectivity index (χ3n) is 4.92. The summed E-state index contributed by atoms with van der Waals surface area (Å²) in [4.78, 5) is 2.35. The summed E-state index contributed by atoms with van der Waals surface area (Å²) in [6, 6.07) is 12.5. The Kier molecular flexibility index (Phi) is 9.49. The maximum Gasteiger partial charge on any atom is 0.125 e. The van der Waals surface area contributed by atoms with Crippen molar-refractivity contribution in [1.82, 2.24) is 4.90 Å². The molecule has 160 valence electrons. The predicted molar refractivity (Wildman–Crippen MR) is 120 cm³/mol. The molecule has 0 aliphatic carbocycles. The van der Waals surface area contributed by atoms with E-state index in [2.05, 4.69) is 82.8 Å². The zero-order valence-corrected chi connectivity index (χ0v) is 19.0. The number of benzene rings is 2. The molecule has 0 N–H and O–H groups in total. The number of aryl methyl sites for hydroxylation is 4. The van der Waals surface area contributed by atoms with Crippen molar-refractivity contribution in [2.24, 2.45) is 0 Å². The van der Waals surface area contributed by atoms with Gasteiger partial charge in [0.25, 0.3) is 0 Å². The minimum Gasteiger partial charge on any atom is -0.491 e. The second-order valence-corrected chi connectivity index (χ2v) is 7.79. The van der Waals surface area contributed by atoms with Crippen LogP contribution in [0.3, 0.4) is 0 Å². The van der Waals surface area contributed by atoms with E-state index in [9.17, 15) is 0 Å². The highest BCUT2D eigenvalue weighted by Gasteiger charge is 2.13. The first kappa shape index (κ1) is 23.2. The van der Waals surface area contributed by atoms with Gasteiger partial charge in [0.05, 0.1) is 6.61 Å². The summed E-state index contributed by atoms with van der Waals surface area (Å²) in [7, 11) is 0. The zero-order valence-electron chi connectivity index (χ0n) is 19.0. The first-order valence-corrected chi connectivity index (χ1v) is 10.7. The lowest BCUT2D eigenvalue weighted by Crippen LogP contribution is -2.33. The van der Waals surface area contributed by atoms with Crippen LogP contribution in [0, 0.1) is 27.7 Å². The molecule has 2 aromatic rings. The molecule has 0 amide bonds. The summed E-state index contributed by atoms with van der Waals surface area (Å²) in [6.07, 6.45) is -0.132. The summed E-state index contributed by atoms with van der Waals surface area (Å²) in [5.74, 6) is 1.76. The van der Waals surface area contributed by atoms with Crippen LogP contribution >= 0.6 is 0 Å². The third kappa shape index (κ3) is 8.46. The fourth-order valence-electron chi connectivity index (χ4n) is 3.44. The molecule has 0 aromatic heterocycles. The molecule has 0 spiro atoms. The Balaban J connectivity index is 1.97. The van der Waals surface area contributed by atoms with Crippen LogP contribution in [0.15, 0.2) is 36.4 Å². The average Bonchev–Trinajstić information content (AvgIpc) is 2.65. The number of rotatable bonds is 12. The van der Waals surface area contributed by atoms with Gasteiger partial charge in [0.1, 0.15) is 30.8 Å². The smallest absolute Gasteiger partial charge is 0.125 e. The first-order valence-electron chi connectivity index (χ1n) is 10.7. The lowest BCUT2D eigenvalue weighted by atomic mass is 10.1. The standard InChI is InChI=1S/C25H37NO3/c1-7-26(8-2)9-10-27-25(17-28-23-13-19(3)11-20(4)14-23)18-29-24-15-21(5)12-22(6)16-24/h11-16,25H,7-10,17-18H2,1-6H3. The fourth-order valence-corrected chi connectivity index (χ4v) is 3.44. The highest BCUT2D eigenvalue weighted by atomic mass is 16.6. The number of likely N-dealkylation sites (N-methyl/N-ethyl adjacent to an activating group) is 1. The van der Waals surface area contributed by atoms with E-state index in [4.69, 9.17) is 14.2 Å². The lowest BCUT2D eigenvalue weighted by molar-refractivity contribution is -0.0145. The third-order valence-corrected chi connectivity index (χ3v) is 4.92. The van der Waals surface area contributed by atoms with Gasteiger partial charge in [-0.3, -0.25) is 0 Å². The quantitative estimate of drug-likeness (QED) is 0.496. The Hall–Kier alpha value is -2.04. The maximum atomic E-state index is 6.15. The van der Waals surface area contributed by atoms with Gasteiger partial charge in [-0.2, -0.15) is 0 Å². The molecule has 0 fully saturated rings. The van der Waals surface area contributed by atoms with Gasteiger partial charge in [0.2, 0.25) is 0 Å². The molecule has 4 nitrogen and oxygen atoms in total. The molecule has 0 radical (unpaired) electrons. The summed E-state index contributed by atoms with van der Waals surface area (Å²) < 4.78 is 18.3. The number of nitrogens with zero attached hydrogens (tertiary/aromatic N) is 1. The Labute approximate surface area is 176 Å².